The summed E-state index contributed by atoms with van der Waals surface area (Å²) in [7, 11) is 0. The number of aromatic nitrogens is 4. The van der Waals surface area contributed by atoms with Crippen molar-refractivity contribution in [3.05, 3.63) is 29.8 Å². The Morgan fingerprint density at radius 1 is 1.04 bits per heavy atom. The highest BCUT2D eigenvalue weighted by Gasteiger charge is 2.49. The number of hydrogen-bond donors (Lipinski definition) is 1. The maximum absolute atomic E-state index is 9.94. The maximum atomic E-state index is 9.94. The van der Waals surface area contributed by atoms with Gasteiger partial charge in [-0.3, -0.25) is 4.90 Å². The summed E-state index contributed by atoms with van der Waals surface area (Å²) in [5, 5.41) is 22.2. The maximum Gasteiger partial charge on any atom is 0.182 e. The highest BCUT2D eigenvalue weighted by atomic mass is 16.6. The largest absolute Gasteiger partial charge is 0.388 e. The number of hydrogen-bond acceptors (Lipinski definition) is 8. The van der Waals surface area contributed by atoms with E-state index in [1.54, 1.807) is 4.68 Å². The van der Waals surface area contributed by atoms with Crippen LogP contribution in [-0.2, 0) is 20.8 Å². The van der Waals surface area contributed by atoms with Gasteiger partial charge >= 0.3 is 0 Å². The quantitative estimate of drug-likeness (QED) is 0.792. The minimum atomic E-state index is -0.584. The molecule has 3 saturated heterocycles. The van der Waals surface area contributed by atoms with Gasteiger partial charge in [0.15, 0.2) is 5.82 Å². The first-order chi connectivity index (χ1) is 13.3. The number of nitrogens with zero attached hydrogens (tertiary/aromatic N) is 5. The van der Waals surface area contributed by atoms with E-state index in [2.05, 4.69) is 44.7 Å². The Labute approximate surface area is 156 Å². The number of morpholine rings is 1. The summed E-state index contributed by atoms with van der Waals surface area (Å²) in [5.74, 6) is 0.687. The molecule has 4 heterocycles. The fourth-order valence-corrected chi connectivity index (χ4v) is 4.05. The summed E-state index contributed by atoms with van der Waals surface area (Å²) in [6.45, 7) is 5.18. The standard InChI is InChI=1S/C18H23N5O4/c24-15-11-27-16-14(10-26-17(15)16)23-18(19-20-21-23)13-3-1-12(2-4-13)9-22-5-7-25-8-6-22/h1-4,14-17,24H,5-11H2/t14-,15-,16-,17+/m1/s1. The van der Waals surface area contributed by atoms with E-state index in [0.29, 0.717) is 19.0 Å². The van der Waals surface area contributed by atoms with Crippen molar-refractivity contribution in [3.8, 4) is 11.4 Å². The second-order valence-electron chi connectivity index (χ2n) is 7.26. The molecule has 4 atom stereocenters. The van der Waals surface area contributed by atoms with E-state index in [0.717, 1.165) is 38.4 Å². The fraction of sp³-hybridized carbons (Fsp3) is 0.611. The second kappa shape index (κ2) is 7.25. The molecule has 9 heteroatoms. The molecule has 0 spiro atoms. The van der Waals surface area contributed by atoms with Crippen molar-refractivity contribution in [2.24, 2.45) is 0 Å². The highest BCUT2D eigenvalue weighted by Crippen LogP contribution is 2.35. The van der Waals surface area contributed by atoms with Gasteiger partial charge in [-0.1, -0.05) is 24.3 Å². The van der Waals surface area contributed by atoms with Crippen molar-refractivity contribution in [3.63, 3.8) is 0 Å². The number of rotatable bonds is 4. The van der Waals surface area contributed by atoms with Gasteiger partial charge in [-0.2, -0.15) is 0 Å². The first-order valence-electron chi connectivity index (χ1n) is 9.38. The van der Waals surface area contributed by atoms with Crippen LogP contribution in [0, 0.1) is 0 Å². The van der Waals surface area contributed by atoms with E-state index in [1.807, 2.05) is 0 Å². The predicted octanol–water partition coefficient (Wildman–Crippen LogP) is -0.128. The summed E-state index contributed by atoms with van der Waals surface area (Å²) in [5.41, 5.74) is 2.21. The Morgan fingerprint density at radius 2 is 1.81 bits per heavy atom. The lowest BCUT2D eigenvalue weighted by Gasteiger charge is -2.26. The normalized spacial score (nSPS) is 31.3. The van der Waals surface area contributed by atoms with Crippen molar-refractivity contribution >= 4 is 0 Å². The highest BCUT2D eigenvalue weighted by molar-refractivity contribution is 5.55. The van der Waals surface area contributed by atoms with Gasteiger partial charge < -0.3 is 19.3 Å². The molecule has 27 heavy (non-hydrogen) atoms. The van der Waals surface area contributed by atoms with Crippen molar-refractivity contribution in [1.82, 2.24) is 25.1 Å². The lowest BCUT2D eigenvalue weighted by Crippen LogP contribution is -2.35. The molecule has 1 aromatic heterocycles. The van der Waals surface area contributed by atoms with E-state index in [1.165, 1.54) is 5.56 Å². The Hall–Kier alpha value is -1.91. The molecule has 1 aromatic carbocycles. The molecule has 3 aliphatic heterocycles. The average molecular weight is 373 g/mol. The third-order valence-corrected chi connectivity index (χ3v) is 5.53. The average Bonchev–Trinajstić information content (AvgIpc) is 3.41. The molecule has 5 rings (SSSR count). The molecule has 2 aromatic rings. The smallest absolute Gasteiger partial charge is 0.182 e. The van der Waals surface area contributed by atoms with Crippen LogP contribution in [0.2, 0.25) is 0 Å². The van der Waals surface area contributed by atoms with Crippen molar-refractivity contribution < 1.29 is 19.3 Å². The van der Waals surface area contributed by atoms with E-state index >= 15 is 0 Å². The molecule has 3 fully saturated rings. The van der Waals surface area contributed by atoms with Crippen molar-refractivity contribution in [1.29, 1.82) is 0 Å². The molecule has 1 N–H and O–H groups in total. The molecule has 0 unspecified atom stereocenters. The summed E-state index contributed by atoms with van der Waals surface area (Å²) in [4.78, 5) is 2.39. The Kier molecular flexibility index (Phi) is 4.62. The summed E-state index contributed by atoms with van der Waals surface area (Å²) in [6, 6.07) is 8.21. The molecule has 144 valence electrons. The van der Waals surface area contributed by atoms with Gasteiger partial charge in [0.2, 0.25) is 0 Å². The third kappa shape index (κ3) is 3.26. The van der Waals surface area contributed by atoms with Crippen LogP contribution in [0.5, 0.6) is 0 Å². The topological polar surface area (TPSA) is 94.8 Å². The first kappa shape index (κ1) is 17.2. The second-order valence-corrected chi connectivity index (χ2v) is 7.26. The zero-order valence-corrected chi connectivity index (χ0v) is 15.0. The van der Waals surface area contributed by atoms with Crippen LogP contribution in [0.15, 0.2) is 24.3 Å². The number of aliphatic hydroxyl groups is 1. The van der Waals surface area contributed by atoms with Gasteiger partial charge in [0, 0.05) is 25.2 Å². The van der Waals surface area contributed by atoms with Gasteiger partial charge in [-0.05, 0) is 16.0 Å². The lowest BCUT2D eigenvalue weighted by atomic mass is 10.1. The lowest BCUT2D eigenvalue weighted by molar-refractivity contribution is 0.0169. The van der Waals surface area contributed by atoms with Crippen LogP contribution < -0.4 is 0 Å². The molecule has 0 aliphatic carbocycles. The van der Waals surface area contributed by atoms with Crippen molar-refractivity contribution in [2.45, 2.75) is 30.9 Å². The van der Waals surface area contributed by atoms with Crippen LogP contribution in [0.25, 0.3) is 11.4 Å². The van der Waals surface area contributed by atoms with Gasteiger partial charge in [0.1, 0.15) is 24.4 Å². The molecule has 0 saturated carbocycles. The number of benzene rings is 1. The molecule has 0 radical (unpaired) electrons. The molecule has 0 bridgehead atoms. The molecule has 3 aliphatic rings. The minimum Gasteiger partial charge on any atom is -0.388 e. The molecular weight excluding hydrogens is 350 g/mol. The number of fused-ring (bicyclic) bond motifs is 1. The zero-order chi connectivity index (χ0) is 18.2. The Morgan fingerprint density at radius 3 is 2.63 bits per heavy atom. The van der Waals surface area contributed by atoms with E-state index in [4.69, 9.17) is 14.2 Å². The van der Waals surface area contributed by atoms with E-state index in [-0.39, 0.29) is 18.2 Å². The molecule has 0 amide bonds. The Bertz CT molecular complexity index is 776. The third-order valence-electron chi connectivity index (χ3n) is 5.53. The van der Waals surface area contributed by atoms with Crippen LogP contribution in [-0.4, -0.2) is 88.0 Å². The van der Waals surface area contributed by atoms with Gasteiger partial charge in [-0.25, -0.2) is 4.68 Å². The van der Waals surface area contributed by atoms with E-state index < -0.39 is 6.10 Å². The number of aliphatic hydroxyl groups excluding tert-OH is 1. The predicted molar refractivity (Wildman–Crippen MR) is 93.9 cm³/mol. The SMILES string of the molecule is O[C@@H]1CO[C@H]2[C@H]1OC[C@H]2n1nnnc1-c1ccc(CN2CCOCC2)cc1. The van der Waals surface area contributed by atoms with Crippen LogP contribution in [0.4, 0.5) is 0 Å². The fourth-order valence-electron chi connectivity index (χ4n) is 4.05. The molecule has 9 nitrogen and oxygen atoms in total. The minimum absolute atomic E-state index is 0.134. The van der Waals surface area contributed by atoms with Gasteiger partial charge in [0.05, 0.1) is 26.4 Å². The summed E-state index contributed by atoms with van der Waals surface area (Å²) >= 11 is 0. The Balaban J connectivity index is 1.33. The number of ether oxygens (including phenoxy) is 3. The first-order valence-corrected chi connectivity index (χ1v) is 9.38. The van der Waals surface area contributed by atoms with Crippen LogP contribution in [0.1, 0.15) is 11.6 Å². The number of tetrazole rings is 1. The zero-order valence-electron chi connectivity index (χ0n) is 15.0. The van der Waals surface area contributed by atoms with E-state index in [9.17, 15) is 5.11 Å². The van der Waals surface area contributed by atoms with Crippen molar-refractivity contribution in [2.75, 3.05) is 39.5 Å². The van der Waals surface area contributed by atoms with Crippen LogP contribution in [0.3, 0.4) is 0 Å². The summed E-state index contributed by atoms with van der Waals surface area (Å²) < 4.78 is 18.6. The monoisotopic (exact) mass is 373 g/mol. The van der Waals surface area contributed by atoms with Gasteiger partial charge in [0.25, 0.3) is 0 Å². The molecular formula is C18H23N5O4. The summed E-state index contributed by atoms with van der Waals surface area (Å²) in [6.07, 6.45) is -1.11. The van der Waals surface area contributed by atoms with Gasteiger partial charge in [-0.15, -0.1) is 5.10 Å². The van der Waals surface area contributed by atoms with Crippen LogP contribution >= 0.6 is 0 Å².